The highest BCUT2D eigenvalue weighted by atomic mass is 79.9. The van der Waals surface area contributed by atoms with Gasteiger partial charge >= 0.3 is 0 Å². The summed E-state index contributed by atoms with van der Waals surface area (Å²) in [6, 6.07) is 8.86. The molecule has 0 unspecified atom stereocenters. The first-order valence-corrected chi connectivity index (χ1v) is 25.5. The van der Waals surface area contributed by atoms with Crippen LogP contribution in [0.25, 0.3) is 0 Å². The highest BCUT2D eigenvalue weighted by Crippen LogP contribution is 2.40. The van der Waals surface area contributed by atoms with Gasteiger partial charge in [0.1, 0.15) is 99.3 Å². The maximum absolute atomic E-state index is 13.1. The van der Waals surface area contributed by atoms with E-state index in [0.29, 0.717) is 92.7 Å². The van der Waals surface area contributed by atoms with Gasteiger partial charge in [-0.15, -0.1) is 0 Å². The normalized spacial score (nSPS) is 17.8. The Bertz CT molecular complexity index is 3300. The van der Waals surface area contributed by atoms with Crippen molar-refractivity contribution in [3.63, 3.8) is 0 Å². The Morgan fingerprint density at radius 2 is 0.816 bits per heavy atom. The number of halogens is 4. The smallest absolute Gasteiger partial charge is 0.276 e. The lowest BCUT2D eigenvalue weighted by Crippen LogP contribution is -2.51. The number of carbonyl (C=O) groups is 3. The van der Waals surface area contributed by atoms with Crippen LogP contribution in [0.4, 0.5) is 46.3 Å². The summed E-state index contributed by atoms with van der Waals surface area (Å²) in [5.41, 5.74) is 19.7. The van der Waals surface area contributed by atoms with E-state index >= 15 is 0 Å². The summed E-state index contributed by atoms with van der Waals surface area (Å²) >= 11 is 21.9. The molecule has 1 saturated carbocycles. The SMILES string of the molecule is Nc1cc(N)ncn1.Nc1cc(Nc2cc(Cl)c3n(c2=O)C2(CCCCC2)NC3=O)ncn1.Nc1cc(Nc2cc(Cl)c3n(c2=O)C2(CCOCC2)NC3=O)ncn1.O=C1NC2(CCOCC2)n2c1c(Cl)cc(Br)c2=O. The van der Waals surface area contributed by atoms with Gasteiger partial charge in [0.05, 0.1) is 46.0 Å². The third-order valence-electron chi connectivity index (χ3n) is 13.3. The predicted molar refractivity (Wildman–Crippen MR) is 285 cm³/mol. The Morgan fingerprint density at radius 1 is 0.474 bits per heavy atom. The molecule has 13 N–H and O–H groups in total. The monoisotopic (exact) mass is 1160 g/mol. The van der Waals surface area contributed by atoms with Gasteiger partial charge in [-0.1, -0.05) is 41.2 Å². The molecule has 3 fully saturated rings. The molecule has 0 aromatic carbocycles. The lowest BCUT2D eigenvalue weighted by molar-refractivity contribution is 0.0116. The van der Waals surface area contributed by atoms with Crippen molar-refractivity contribution in [1.82, 2.24) is 59.6 Å². The van der Waals surface area contributed by atoms with Crippen LogP contribution in [-0.2, 0) is 26.5 Å². The first kappa shape index (κ1) is 53.4. The summed E-state index contributed by atoms with van der Waals surface area (Å²) in [7, 11) is 0. The molecule has 3 amide bonds. The second-order valence-corrected chi connectivity index (χ2v) is 20.2. The van der Waals surface area contributed by atoms with E-state index in [4.69, 9.17) is 67.2 Å². The van der Waals surface area contributed by atoms with Gasteiger partial charge in [0.15, 0.2) is 0 Å². The van der Waals surface area contributed by atoms with E-state index in [2.05, 4.69) is 72.4 Å². The predicted octanol–water partition coefficient (Wildman–Crippen LogP) is 3.91. The van der Waals surface area contributed by atoms with E-state index in [1.54, 1.807) is 0 Å². The van der Waals surface area contributed by atoms with E-state index in [1.165, 1.54) is 69.1 Å². The molecule has 26 nitrogen and oxygen atoms in total. The van der Waals surface area contributed by atoms with Crippen molar-refractivity contribution in [1.29, 1.82) is 0 Å². The number of fused-ring (bicyclic) bond motifs is 6. The molecule has 1 aliphatic carbocycles. The Morgan fingerprint density at radius 3 is 1.18 bits per heavy atom. The van der Waals surface area contributed by atoms with Crippen LogP contribution in [0, 0.1) is 0 Å². The molecule has 30 heteroatoms. The summed E-state index contributed by atoms with van der Waals surface area (Å²) in [4.78, 5) is 98.1. The number of anilines is 8. The number of aromatic nitrogens is 9. The largest absolute Gasteiger partial charge is 0.384 e. The van der Waals surface area contributed by atoms with Crippen LogP contribution < -0.4 is 66.2 Å². The number of carbonyl (C=O) groups excluding carboxylic acids is 3. The van der Waals surface area contributed by atoms with Gasteiger partial charge in [0.25, 0.3) is 34.4 Å². The zero-order chi connectivity index (χ0) is 54.1. The zero-order valence-electron chi connectivity index (χ0n) is 40.0. The van der Waals surface area contributed by atoms with Crippen LogP contribution >= 0.6 is 50.7 Å². The number of rotatable bonds is 4. The van der Waals surface area contributed by atoms with Gasteiger partial charge in [-0.3, -0.25) is 42.5 Å². The Labute approximate surface area is 453 Å². The van der Waals surface area contributed by atoms with Crippen molar-refractivity contribution >= 4 is 115 Å². The molecule has 398 valence electrons. The van der Waals surface area contributed by atoms with E-state index in [1.807, 2.05) is 0 Å². The molecule has 0 atom stereocenters. The van der Waals surface area contributed by atoms with Crippen LogP contribution in [0.1, 0.15) is 89.3 Å². The summed E-state index contributed by atoms with van der Waals surface area (Å²) < 4.78 is 15.5. The third-order valence-corrected chi connectivity index (χ3v) is 14.8. The highest BCUT2D eigenvalue weighted by Gasteiger charge is 2.48. The number of pyridine rings is 3. The zero-order valence-corrected chi connectivity index (χ0v) is 43.9. The summed E-state index contributed by atoms with van der Waals surface area (Å²) in [5, 5.41) is 15.3. The summed E-state index contributed by atoms with van der Waals surface area (Å²) in [5.74, 6) is 1.13. The molecule has 11 heterocycles. The fourth-order valence-corrected chi connectivity index (χ4v) is 11.3. The van der Waals surface area contributed by atoms with Gasteiger partial charge in [-0.05, 0) is 59.8 Å². The Balaban J connectivity index is 0.000000131. The molecular formula is C46H48BrCl3N18O8. The van der Waals surface area contributed by atoms with E-state index in [9.17, 15) is 28.8 Å². The maximum Gasteiger partial charge on any atom is 0.276 e. The van der Waals surface area contributed by atoms with Crippen molar-refractivity contribution in [2.45, 2.75) is 74.8 Å². The van der Waals surface area contributed by atoms with Crippen LogP contribution in [0.3, 0.4) is 0 Å². The standard InChI is InChI=1S/C16H17ClN6O2.C15H15ClN6O3.C11H10BrClN2O3.C4H6N4/c17-9-6-10(21-12-7-11(18)19-8-20-12)15(25)23-13(9)14(24)22-16(23)4-2-1-3-5-16;16-8-5-9(20-11-6-10(17)18-7-19-11)14(24)22-12(8)13(23)21-15(22)1-3-25-4-2-15;12-6-5-7(13)8-9(16)14-11(15(8)10(6)17)1-3-18-4-2-11;5-3-1-4(6)8-2-7-3/h6-8H,1-5H2,(H,22,24)(H3,18,19,20,21);5-7H,1-4H2,(H,21,23)(H3,17,18,19,20);5H,1-4H2,(H,14,16);1-2H,(H4,5,6,7,8). The number of hydrogen-bond donors (Lipinski definition) is 9. The molecular weight excluding hydrogens is 1120 g/mol. The second-order valence-electron chi connectivity index (χ2n) is 18.1. The second kappa shape index (κ2) is 21.7. The molecule has 76 heavy (non-hydrogen) atoms. The third kappa shape index (κ3) is 10.4. The van der Waals surface area contributed by atoms with Gasteiger partial charge in [0, 0.05) is 43.9 Å². The van der Waals surface area contributed by atoms with Crippen molar-refractivity contribution in [2.75, 3.05) is 60.0 Å². The van der Waals surface area contributed by atoms with Crippen molar-refractivity contribution in [3.8, 4) is 0 Å². The molecule has 12 rings (SSSR count). The lowest BCUT2D eigenvalue weighted by Gasteiger charge is -2.35. The van der Waals surface area contributed by atoms with Crippen molar-refractivity contribution in [3.05, 3.63) is 123 Å². The Hall–Kier alpha value is -7.43. The molecule has 0 radical (unpaired) electrons. The van der Waals surface area contributed by atoms with Crippen molar-refractivity contribution < 1.29 is 23.9 Å². The average molecular weight is 1170 g/mol. The molecule has 6 aliphatic rings. The van der Waals surface area contributed by atoms with Gasteiger partial charge < -0.3 is 59.0 Å². The molecule has 6 aromatic rings. The number of nitrogens with two attached hydrogens (primary N) is 4. The number of hydrogen-bond acceptors (Lipinski definition) is 20. The van der Waals surface area contributed by atoms with Gasteiger partial charge in [-0.25, -0.2) is 29.9 Å². The highest BCUT2D eigenvalue weighted by molar-refractivity contribution is 9.10. The number of ether oxygens (including phenoxy) is 2. The molecule has 5 aliphatic heterocycles. The van der Waals surface area contributed by atoms with Crippen LogP contribution in [0.5, 0.6) is 0 Å². The maximum atomic E-state index is 13.1. The number of nitrogen functional groups attached to an aromatic ring is 4. The fourth-order valence-electron chi connectivity index (χ4n) is 9.89. The van der Waals surface area contributed by atoms with E-state index in [-0.39, 0.29) is 89.6 Å². The van der Waals surface area contributed by atoms with Gasteiger partial charge in [0.2, 0.25) is 0 Å². The van der Waals surface area contributed by atoms with Crippen molar-refractivity contribution in [2.24, 2.45) is 0 Å². The summed E-state index contributed by atoms with van der Waals surface area (Å²) in [6.45, 7) is 1.92. The Kier molecular flexibility index (Phi) is 15.2. The van der Waals surface area contributed by atoms with Gasteiger partial charge in [-0.2, -0.15) is 0 Å². The average Bonchev–Trinajstić information content (AvgIpc) is 3.95. The minimum atomic E-state index is -0.812. The molecule has 3 spiro atoms. The molecule has 0 bridgehead atoms. The van der Waals surface area contributed by atoms with Crippen LogP contribution in [0.15, 0.2) is 74.2 Å². The summed E-state index contributed by atoms with van der Waals surface area (Å²) in [6.07, 6.45) is 10.5. The number of amides is 3. The molecule has 6 aromatic heterocycles. The first-order valence-electron chi connectivity index (χ1n) is 23.5. The fraction of sp³-hybridized carbons (Fsp3) is 0.348. The lowest BCUT2D eigenvalue weighted by atomic mass is 9.89. The minimum Gasteiger partial charge on any atom is -0.384 e. The molecule has 2 saturated heterocycles. The quantitative estimate of drug-likeness (QED) is 0.121. The van der Waals surface area contributed by atoms with Crippen LogP contribution in [-0.4, -0.2) is 87.8 Å². The first-order chi connectivity index (χ1) is 36.3. The number of nitrogens with one attached hydrogen (secondary N) is 5. The minimum absolute atomic E-state index is 0.168. The van der Waals surface area contributed by atoms with Crippen LogP contribution in [0.2, 0.25) is 15.1 Å². The van der Waals surface area contributed by atoms with E-state index < -0.39 is 17.0 Å². The van der Waals surface area contributed by atoms with E-state index in [0.717, 1.165) is 19.3 Å². The topological polar surface area (TPSA) is 377 Å². The number of nitrogens with zero attached hydrogens (tertiary/aromatic N) is 9.